The first-order valence-corrected chi connectivity index (χ1v) is 12.4. The van der Waals surface area contributed by atoms with Crippen molar-refractivity contribution in [2.45, 2.75) is 24.4 Å². The van der Waals surface area contributed by atoms with Crippen molar-refractivity contribution in [3.05, 3.63) is 98.7 Å². The van der Waals surface area contributed by atoms with E-state index in [1.54, 1.807) is 31.2 Å². The molecule has 1 N–H and O–H groups in total. The van der Waals surface area contributed by atoms with Crippen LogP contribution in [0.2, 0.25) is 15.1 Å². The summed E-state index contributed by atoms with van der Waals surface area (Å²) in [5, 5.41) is 3.81. The highest BCUT2D eigenvalue weighted by Crippen LogP contribution is 2.26. The molecule has 0 spiro atoms. The predicted molar refractivity (Wildman–Crippen MR) is 128 cm³/mol. The van der Waals surface area contributed by atoms with E-state index in [-0.39, 0.29) is 16.5 Å². The molecule has 5 nitrogen and oxygen atoms in total. The lowest BCUT2D eigenvalue weighted by Crippen LogP contribution is -2.41. The number of carbonyl (C=O) groups is 1. The van der Waals surface area contributed by atoms with Gasteiger partial charge in [-0.1, -0.05) is 53.0 Å². The minimum Gasteiger partial charge on any atom is -0.348 e. The van der Waals surface area contributed by atoms with E-state index in [2.05, 4.69) is 5.32 Å². The molecule has 0 aliphatic heterocycles. The van der Waals surface area contributed by atoms with Crippen molar-refractivity contribution < 1.29 is 17.6 Å². The largest absolute Gasteiger partial charge is 0.348 e. The minimum absolute atomic E-state index is 0.0173. The van der Waals surface area contributed by atoms with E-state index in [1.807, 2.05) is 0 Å². The van der Waals surface area contributed by atoms with Gasteiger partial charge in [0.15, 0.2) is 0 Å². The van der Waals surface area contributed by atoms with E-state index in [0.717, 1.165) is 4.31 Å². The van der Waals surface area contributed by atoms with Crippen molar-refractivity contribution in [2.75, 3.05) is 6.54 Å². The molecule has 3 aromatic rings. The van der Waals surface area contributed by atoms with Gasteiger partial charge < -0.3 is 5.32 Å². The zero-order valence-corrected chi connectivity index (χ0v) is 20.5. The molecule has 174 valence electrons. The molecule has 0 aliphatic rings. The van der Waals surface area contributed by atoms with Gasteiger partial charge in [-0.15, -0.1) is 0 Å². The van der Waals surface area contributed by atoms with Crippen LogP contribution in [-0.4, -0.2) is 25.2 Å². The molecule has 0 unspecified atom stereocenters. The second kappa shape index (κ2) is 10.8. The first-order valence-electron chi connectivity index (χ1n) is 9.81. The number of sulfonamides is 1. The predicted octanol–water partition coefficient (Wildman–Crippen LogP) is 5.85. The molecule has 0 saturated heterocycles. The molecule has 1 atom stereocenters. The average Bonchev–Trinajstić information content (AvgIpc) is 2.75. The molecule has 1 amide bonds. The number of amides is 1. The van der Waals surface area contributed by atoms with Gasteiger partial charge in [-0.3, -0.25) is 4.79 Å². The normalized spacial score (nSPS) is 12.5. The van der Waals surface area contributed by atoms with Crippen LogP contribution >= 0.6 is 34.8 Å². The number of halogens is 4. The Bertz CT molecular complexity index is 1240. The zero-order valence-electron chi connectivity index (χ0n) is 17.4. The van der Waals surface area contributed by atoms with Crippen molar-refractivity contribution >= 4 is 50.7 Å². The Morgan fingerprint density at radius 2 is 1.58 bits per heavy atom. The first kappa shape index (κ1) is 25.5. The third kappa shape index (κ3) is 6.68. The fourth-order valence-corrected chi connectivity index (χ4v) is 5.07. The monoisotopic (exact) mass is 528 g/mol. The van der Waals surface area contributed by atoms with Crippen LogP contribution in [0.4, 0.5) is 4.39 Å². The van der Waals surface area contributed by atoms with Gasteiger partial charge >= 0.3 is 0 Å². The van der Waals surface area contributed by atoms with Gasteiger partial charge in [0.05, 0.1) is 17.5 Å². The van der Waals surface area contributed by atoms with Crippen molar-refractivity contribution in [1.29, 1.82) is 0 Å². The molecule has 0 saturated carbocycles. The van der Waals surface area contributed by atoms with Crippen molar-refractivity contribution in [3.63, 3.8) is 0 Å². The Kier molecular flexibility index (Phi) is 8.37. The van der Waals surface area contributed by atoms with E-state index in [1.165, 1.54) is 42.5 Å². The zero-order chi connectivity index (χ0) is 24.2. The number of nitrogens with one attached hydrogen (secondary N) is 1. The molecule has 0 bridgehead atoms. The van der Waals surface area contributed by atoms with Gasteiger partial charge in [-0.05, 0) is 66.6 Å². The quantitative estimate of drug-likeness (QED) is 0.398. The maximum Gasteiger partial charge on any atom is 0.243 e. The second-order valence-electron chi connectivity index (χ2n) is 7.30. The minimum atomic E-state index is -4.07. The van der Waals surface area contributed by atoms with E-state index in [0.29, 0.717) is 21.2 Å². The Balaban J connectivity index is 1.86. The molecule has 3 rings (SSSR count). The van der Waals surface area contributed by atoms with Crippen LogP contribution in [0.3, 0.4) is 0 Å². The highest BCUT2D eigenvalue weighted by molar-refractivity contribution is 7.89. The SMILES string of the molecule is C[C@@H](NC(=O)CN(Cc1ccc(Cl)cc1Cl)S(=O)(=O)c1ccc(Cl)cc1)c1ccc(F)cc1. The number of rotatable bonds is 8. The molecule has 0 aliphatic carbocycles. The summed E-state index contributed by atoms with van der Waals surface area (Å²) in [5.74, 6) is -0.924. The Morgan fingerprint density at radius 3 is 2.18 bits per heavy atom. The summed E-state index contributed by atoms with van der Waals surface area (Å²) in [6, 6.07) is 15.6. The highest BCUT2D eigenvalue weighted by atomic mass is 35.5. The van der Waals surface area contributed by atoms with Gasteiger partial charge in [0.25, 0.3) is 0 Å². The van der Waals surface area contributed by atoms with Crippen molar-refractivity contribution in [2.24, 2.45) is 0 Å². The van der Waals surface area contributed by atoms with Crippen LogP contribution in [0.1, 0.15) is 24.1 Å². The van der Waals surface area contributed by atoms with E-state index >= 15 is 0 Å². The molecular weight excluding hydrogens is 510 g/mol. The number of carbonyl (C=O) groups excluding carboxylic acids is 1. The Hall–Kier alpha value is -2.16. The third-order valence-corrected chi connectivity index (χ3v) is 7.53. The topological polar surface area (TPSA) is 66.5 Å². The first-order chi connectivity index (χ1) is 15.6. The Morgan fingerprint density at radius 1 is 0.970 bits per heavy atom. The van der Waals surface area contributed by atoms with Crippen LogP contribution in [0.25, 0.3) is 0 Å². The summed E-state index contributed by atoms with van der Waals surface area (Å²) in [4.78, 5) is 12.8. The summed E-state index contributed by atoms with van der Waals surface area (Å²) in [7, 11) is -4.07. The van der Waals surface area contributed by atoms with Gasteiger partial charge in [-0.25, -0.2) is 12.8 Å². The molecular formula is C23H20Cl3FN2O3S. The highest BCUT2D eigenvalue weighted by Gasteiger charge is 2.28. The molecule has 10 heteroatoms. The molecule has 33 heavy (non-hydrogen) atoms. The summed E-state index contributed by atoms with van der Waals surface area (Å²) >= 11 is 18.1. The van der Waals surface area contributed by atoms with Crippen LogP contribution in [-0.2, 0) is 21.4 Å². The van der Waals surface area contributed by atoms with Crippen LogP contribution < -0.4 is 5.32 Å². The van der Waals surface area contributed by atoms with Crippen LogP contribution in [0.15, 0.2) is 71.6 Å². The molecule has 0 radical (unpaired) electrons. The van der Waals surface area contributed by atoms with Crippen molar-refractivity contribution in [1.82, 2.24) is 9.62 Å². The molecule has 0 fully saturated rings. The standard InChI is InChI=1S/C23H20Cl3FN2O3S/c1-15(16-3-8-20(27)9-4-16)28-23(30)14-29(13-17-2-5-19(25)12-22(17)26)33(31,32)21-10-6-18(24)7-11-21/h2-12,15H,13-14H2,1H3,(H,28,30)/t15-/m1/s1. The fraction of sp³-hybridized carbons (Fsp3) is 0.174. The summed E-state index contributed by atoms with van der Waals surface area (Å²) in [6.07, 6.45) is 0. The van der Waals surface area contributed by atoms with Gasteiger partial charge in [0, 0.05) is 21.6 Å². The van der Waals surface area contributed by atoms with E-state index < -0.39 is 34.3 Å². The van der Waals surface area contributed by atoms with Crippen molar-refractivity contribution in [3.8, 4) is 0 Å². The lowest BCUT2D eigenvalue weighted by atomic mass is 10.1. The average molecular weight is 530 g/mol. The second-order valence-corrected chi connectivity index (χ2v) is 10.5. The van der Waals surface area contributed by atoms with Gasteiger partial charge in [0.2, 0.25) is 15.9 Å². The fourth-order valence-electron chi connectivity index (χ4n) is 3.10. The maximum absolute atomic E-state index is 13.3. The number of benzene rings is 3. The van der Waals surface area contributed by atoms with Gasteiger partial charge in [-0.2, -0.15) is 4.31 Å². The lowest BCUT2D eigenvalue weighted by Gasteiger charge is -2.24. The summed E-state index contributed by atoms with van der Waals surface area (Å²) in [6.45, 7) is 1.11. The Labute approximate surface area is 207 Å². The summed E-state index contributed by atoms with van der Waals surface area (Å²) in [5.41, 5.74) is 1.16. The van der Waals surface area contributed by atoms with Crippen LogP contribution in [0, 0.1) is 5.82 Å². The smallest absolute Gasteiger partial charge is 0.243 e. The number of hydrogen-bond donors (Lipinski definition) is 1. The molecule has 3 aromatic carbocycles. The molecule has 0 heterocycles. The lowest BCUT2D eigenvalue weighted by molar-refractivity contribution is -0.122. The van der Waals surface area contributed by atoms with E-state index in [4.69, 9.17) is 34.8 Å². The summed E-state index contributed by atoms with van der Waals surface area (Å²) < 4.78 is 40.9. The third-order valence-electron chi connectivity index (χ3n) is 4.88. The maximum atomic E-state index is 13.3. The number of hydrogen-bond acceptors (Lipinski definition) is 3. The van der Waals surface area contributed by atoms with Gasteiger partial charge in [0.1, 0.15) is 5.82 Å². The van der Waals surface area contributed by atoms with E-state index in [9.17, 15) is 17.6 Å². The number of nitrogens with zero attached hydrogens (tertiary/aromatic N) is 1. The van der Waals surface area contributed by atoms with Crippen LogP contribution in [0.5, 0.6) is 0 Å². The molecule has 0 aromatic heterocycles.